The number of rotatable bonds is 5. The van der Waals surface area contributed by atoms with Crippen molar-refractivity contribution in [2.45, 2.75) is 31.0 Å². The monoisotopic (exact) mass is 294 g/mol. The maximum atomic E-state index is 12.3. The molecule has 0 atom stereocenters. The van der Waals surface area contributed by atoms with Gasteiger partial charge in [0.25, 0.3) is 10.0 Å². The molecule has 0 saturated carbocycles. The van der Waals surface area contributed by atoms with Gasteiger partial charge in [-0.05, 0) is 20.8 Å². The maximum Gasteiger partial charge on any atom is 0.318 e. The van der Waals surface area contributed by atoms with Crippen LogP contribution in [0.1, 0.15) is 19.5 Å². The first-order chi connectivity index (χ1) is 8.16. The fraction of sp³-hybridized carbons (Fsp3) is 0.556. The van der Waals surface area contributed by atoms with E-state index >= 15 is 0 Å². The zero-order valence-corrected chi connectivity index (χ0v) is 11.8. The number of sulfonamides is 1. The largest absolute Gasteiger partial charge is 0.480 e. The second kappa shape index (κ2) is 5.21. The fourth-order valence-electron chi connectivity index (χ4n) is 1.42. The Morgan fingerprint density at radius 3 is 2.39 bits per heavy atom. The van der Waals surface area contributed by atoms with E-state index in [2.05, 4.69) is 4.98 Å². The summed E-state index contributed by atoms with van der Waals surface area (Å²) in [5.74, 6) is -1.24. The van der Waals surface area contributed by atoms with Crippen LogP contribution in [0, 0.1) is 6.92 Å². The number of H-pyrrole nitrogens is 1. The maximum absolute atomic E-state index is 12.3. The highest BCUT2D eigenvalue weighted by Crippen LogP contribution is 2.22. The molecule has 0 spiro atoms. The number of carbonyl (C=O) groups is 1. The molecule has 0 aliphatic rings. The molecule has 1 heterocycles. The standard InChI is InChI=1S/C9H14N2O5S2/c1-5(2)11(4-7(12)13)18(15,16)8-6(3)10-9(14)17-8/h5H,4H2,1-3H3,(H,10,14)(H,12,13). The number of hydrogen-bond donors (Lipinski definition) is 2. The Balaban J connectivity index is 3.30. The minimum absolute atomic E-state index is 0.137. The van der Waals surface area contributed by atoms with Gasteiger partial charge in [0.1, 0.15) is 6.54 Å². The van der Waals surface area contributed by atoms with E-state index in [4.69, 9.17) is 5.11 Å². The van der Waals surface area contributed by atoms with Crippen molar-refractivity contribution in [2.75, 3.05) is 6.54 Å². The Bertz CT molecular complexity index is 599. The summed E-state index contributed by atoms with van der Waals surface area (Å²) < 4.78 is 25.2. The van der Waals surface area contributed by atoms with Gasteiger partial charge in [-0.3, -0.25) is 9.59 Å². The highest BCUT2D eigenvalue weighted by Gasteiger charge is 2.32. The van der Waals surface area contributed by atoms with Gasteiger partial charge in [0.05, 0.1) is 0 Å². The molecule has 102 valence electrons. The molecule has 1 aromatic rings. The van der Waals surface area contributed by atoms with Gasteiger partial charge in [0.2, 0.25) is 0 Å². The lowest BCUT2D eigenvalue weighted by molar-refractivity contribution is -0.137. The number of aryl methyl sites for hydroxylation is 1. The number of carboxylic acids is 1. The van der Waals surface area contributed by atoms with E-state index in [1.54, 1.807) is 13.8 Å². The summed E-state index contributed by atoms with van der Waals surface area (Å²) in [6.45, 7) is 3.98. The van der Waals surface area contributed by atoms with Crippen molar-refractivity contribution >= 4 is 27.3 Å². The number of hydrogen-bond acceptors (Lipinski definition) is 5. The topological polar surface area (TPSA) is 108 Å². The molecule has 1 aromatic heterocycles. The summed E-state index contributed by atoms with van der Waals surface area (Å²) in [7, 11) is -3.97. The van der Waals surface area contributed by atoms with Crippen molar-refractivity contribution in [3.63, 3.8) is 0 Å². The average molecular weight is 294 g/mol. The Labute approximate surface area is 108 Å². The van der Waals surface area contributed by atoms with E-state index in [-0.39, 0.29) is 9.90 Å². The number of thiazole rings is 1. The summed E-state index contributed by atoms with van der Waals surface area (Å²) in [6, 6.07) is -0.511. The molecule has 0 amide bonds. The fourth-order valence-corrected chi connectivity index (χ4v) is 4.42. The van der Waals surface area contributed by atoms with Gasteiger partial charge >= 0.3 is 10.8 Å². The number of aromatic nitrogens is 1. The van der Waals surface area contributed by atoms with E-state index in [0.717, 1.165) is 4.31 Å². The lowest BCUT2D eigenvalue weighted by Gasteiger charge is -2.23. The van der Waals surface area contributed by atoms with Gasteiger partial charge in [-0.2, -0.15) is 4.31 Å². The van der Waals surface area contributed by atoms with Crippen molar-refractivity contribution in [2.24, 2.45) is 0 Å². The smallest absolute Gasteiger partial charge is 0.318 e. The van der Waals surface area contributed by atoms with E-state index in [1.807, 2.05) is 0 Å². The van der Waals surface area contributed by atoms with Gasteiger partial charge in [0.15, 0.2) is 4.21 Å². The van der Waals surface area contributed by atoms with Crippen LogP contribution in [0.3, 0.4) is 0 Å². The molecule has 0 radical (unpaired) electrons. The van der Waals surface area contributed by atoms with Crippen molar-refractivity contribution < 1.29 is 18.3 Å². The predicted molar refractivity (Wildman–Crippen MR) is 66.3 cm³/mol. The highest BCUT2D eigenvalue weighted by molar-refractivity contribution is 7.91. The molecular weight excluding hydrogens is 280 g/mol. The first-order valence-corrected chi connectivity index (χ1v) is 7.35. The average Bonchev–Trinajstić information content (AvgIpc) is 2.54. The molecule has 7 nitrogen and oxygen atoms in total. The quantitative estimate of drug-likeness (QED) is 0.808. The lowest BCUT2D eigenvalue weighted by Crippen LogP contribution is -2.40. The minimum atomic E-state index is -3.97. The Hall–Kier alpha value is -1.19. The first kappa shape index (κ1) is 14.9. The highest BCUT2D eigenvalue weighted by atomic mass is 32.2. The number of carboxylic acid groups (broad SMARTS) is 1. The summed E-state index contributed by atoms with van der Waals surface area (Å²) >= 11 is 0.560. The third-order valence-electron chi connectivity index (χ3n) is 2.19. The Morgan fingerprint density at radius 1 is 1.50 bits per heavy atom. The number of nitrogens with one attached hydrogen (secondary N) is 1. The van der Waals surface area contributed by atoms with E-state index in [9.17, 15) is 18.0 Å². The van der Waals surface area contributed by atoms with E-state index in [1.165, 1.54) is 6.92 Å². The first-order valence-electron chi connectivity index (χ1n) is 5.09. The third kappa shape index (κ3) is 2.98. The van der Waals surface area contributed by atoms with Gasteiger partial charge < -0.3 is 10.1 Å². The molecule has 0 saturated heterocycles. The second-order valence-electron chi connectivity index (χ2n) is 3.96. The molecule has 9 heteroatoms. The van der Waals surface area contributed by atoms with Crippen LogP contribution in [0.2, 0.25) is 0 Å². The van der Waals surface area contributed by atoms with Gasteiger partial charge in [0, 0.05) is 11.7 Å². The molecule has 18 heavy (non-hydrogen) atoms. The molecule has 0 fully saturated rings. The van der Waals surface area contributed by atoms with Crippen LogP contribution >= 0.6 is 11.3 Å². The van der Waals surface area contributed by atoms with Crippen LogP contribution in [0.15, 0.2) is 9.00 Å². The summed E-state index contributed by atoms with van der Waals surface area (Å²) in [5.41, 5.74) is 0.223. The van der Waals surface area contributed by atoms with Crippen LogP contribution in [0.25, 0.3) is 0 Å². The summed E-state index contributed by atoms with van der Waals surface area (Å²) in [4.78, 5) is 23.7. The molecule has 2 N–H and O–H groups in total. The predicted octanol–water partition coefficient (Wildman–Crippen LogP) is 0.229. The van der Waals surface area contributed by atoms with Gasteiger partial charge in [-0.1, -0.05) is 11.3 Å². The van der Waals surface area contributed by atoms with E-state index in [0.29, 0.717) is 11.3 Å². The minimum Gasteiger partial charge on any atom is -0.480 e. The zero-order chi connectivity index (χ0) is 14.1. The van der Waals surface area contributed by atoms with Crippen molar-refractivity contribution in [3.05, 3.63) is 15.4 Å². The SMILES string of the molecule is Cc1[nH]c(=O)sc1S(=O)(=O)N(CC(=O)O)C(C)C. The molecule has 1 rings (SSSR count). The number of nitrogens with zero attached hydrogens (tertiary/aromatic N) is 1. The number of aromatic amines is 1. The van der Waals surface area contributed by atoms with Crippen molar-refractivity contribution in [1.29, 1.82) is 0 Å². The van der Waals surface area contributed by atoms with Gasteiger partial charge in [-0.25, -0.2) is 8.42 Å². The van der Waals surface area contributed by atoms with Crippen LogP contribution in [0.5, 0.6) is 0 Å². The van der Waals surface area contributed by atoms with Crippen LogP contribution in [-0.4, -0.2) is 41.4 Å². The zero-order valence-electron chi connectivity index (χ0n) is 10.1. The molecule has 0 aliphatic carbocycles. The Morgan fingerprint density at radius 2 is 2.06 bits per heavy atom. The second-order valence-corrected chi connectivity index (χ2v) is 7.03. The summed E-state index contributed by atoms with van der Waals surface area (Å²) in [5, 5.41) is 8.75. The lowest BCUT2D eigenvalue weighted by atomic mass is 10.4. The number of aliphatic carboxylic acids is 1. The van der Waals surface area contributed by atoms with Crippen molar-refractivity contribution in [1.82, 2.24) is 9.29 Å². The van der Waals surface area contributed by atoms with E-state index < -0.39 is 33.5 Å². The summed E-state index contributed by atoms with van der Waals surface area (Å²) in [6.07, 6.45) is 0. The molecule has 0 unspecified atom stereocenters. The van der Waals surface area contributed by atoms with Crippen LogP contribution in [-0.2, 0) is 14.8 Å². The molecule has 0 aliphatic heterocycles. The Kier molecular flexibility index (Phi) is 4.30. The van der Waals surface area contributed by atoms with Crippen molar-refractivity contribution in [3.8, 4) is 0 Å². The normalized spacial score (nSPS) is 12.3. The third-order valence-corrected chi connectivity index (χ3v) is 5.80. The molecule has 0 aromatic carbocycles. The van der Waals surface area contributed by atoms with Gasteiger partial charge in [-0.15, -0.1) is 0 Å². The van der Waals surface area contributed by atoms with Crippen LogP contribution < -0.4 is 4.87 Å². The molecule has 0 bridgehead atoms. The molecular formula is C9H14N2O5S2. The van der Waals surface area contributed by atoms with Crippen LogP contribution in [0.4, 0.5) is 0 Å².